The van der Waals surface area contributed by atoms with Crippen LogP contribution in [0, 0.1) is 11.3 Å². The number of ketones is 1. The quantitative estimate of drug-likeness (QED) is 0.653. The van der Waals surface area contributed by atoms with Gasteiger partial charge in [0.25, 0.3) is 0 Å². The second kappa shape index (κ2) is 7.38. The minimum atomic E-state index is -0.878. The summed E-state index contributed by atoms with van der Waals surface area (Å²) in [5, 5.41) is 9.43. The molecule has 1 aromatic carbocycles. The van der Waals surface area contributed by atoms with Crippen molar-refractivity contribution in [1.82, 2.24) is 9.55 Å². The molecule has 4 heteroatoms. The van der Waals surface area contributed by atoms with Crippen LogP contribution in [0.4, 0.5) is 0 Å². The lowest BCUT2D eigenvalue weighted by atomic mass is 9.98. The Morgan fingerprint density at radius 2 is 1.88 bits per heavy atom. The molecular formula is C20H17N3O. The van der Waals surface area contributed by atoms with Gasteiger partial charge in [0.1, 0.15) is 0 Å². The van der Waals surface area contributed by atoms with E-state index in [-0.39, 0.29) is 5.78 Å². The van der Waals surface area contributed by atoms with Gasteiger partial charge in [-0.1, -0.05) is 36.4 Å². The molecule has 0 saturated heterocycles. The summed E-state index contributed by atoms with van der Waals surface area (Å²) in [6.45, 7) is 0.693. The van der Waals surface area contributed by atoms with Crippen molar-refractivity contribution in [1.29, 1.82) is 5.26 Å². The number of benzene rings is 1. The number of pyridine rings is 1. The highest BCUT2D eigenvalue weighted by molar-refractivity contribution is 6.01. The molecule has 0 fully saturated rings. The van der Waals surface area contributed by atoms with Crippen LogP contribution in [0.25, 0.3) is 0 Å². The van der Waals surface area contributed by atoms with Gasteiger partial charge in [-0.15, -0.1) is 0 Å². The zero-order valence-corrected chi connectivity index (χ0v) is 13.2. The second-order valence-corrected chi connectivity index (χ2v) is 5.50. The molecule has 3 rings (SSSR count). The van der Waals surface area contributed by atoms with Crippen LogP contribution >= 0.6 is 0 Å². The Kier molecular flexibility index (Phi) is 4.83. The third-order valence-corrected chi connectivity index (χ3v) is 3.94. The molecule has 0 N–H and O–H groups in total. The molecule has 0 aliphatic carbocycles. The fourth-order valence-corrected chi connectivity index (χ4v) is 2.68. The van der Waals surface area contributed by atoms with E-state index in [1.807, 2.05) is 35.0 Å². The number of carbonyl (C=O) groups is 1. The zero-order valence-electron chi connectivity index (χ0n) is 13.2. The van der Waals surface area contributed by atoms with Crippen molar-refractivity contribution >= 4 is 5.78 Å². The fourth-order valence-electron chi connectivity index (χ4n) is 2.68. The van der Waals surface area contributed by atoms with Crippen molar-refractivity contribution in [2.24, 2.45) is 0 Å². The molecular weight excluding hydrogens is 298 g/mol. The number of hydrogen-bond acceptors (Lipinski definition) is 3. The summed E-state index contributed by atoms with van der Waals surface area (Å²) in [5.74, 6) is -1.09. The van der Waals surface area contributed by atoms with Crippen molar-refractivity contribution in [3.63, 3.8) is 0 Å². The molecule has 0 bridgehead atoms. The average Bonchev–Trinajstić information content (AvgIpc) is 3.11. The molecule has 4 nitrogen and oxygen atoms in total. The fraction of sp³-hybridized carbons (Fsp3) is 0.150. The summed E-state index contributed by atoms with van der Waals surface area (Å²) in [4.78, 5) is 16.9. The van der Waals surface area contributed by atoms with E-state index in [1.165, 1.54) is 5.56 Å². The lowest BCUT2D eigenvalue weighted by Gasteiger charge is -2.11. The first-order valence-electron chi connectivity index (χ1n) is 7.83. The number of hydrogen-bond donors (Lipinski definition) is 0. The largest absolute Gasteiger partial charge is 0.345 e. The molecule has 118 valence electrons. The first-order chi connectivity index (χ1) is 11.8. The van der Waals surface area contributed by atoms with Gasteiger partial charge in [0.15, 0.2) is 5.92 Å². The molecule has 24 heavy (non-hydrogen) atoms. The minimum Gasteiger partial charge on any atom is -0.345 e. The van der Waals surface area contributed by atoms with E-state index in [0.29, 0.717) is 17.9 Å². The summed E-state index contributed by atoms with van der Waals surface area (Å²) in [7, 11) is 0. The van der Waals surface area contributed by atoms with E-state index in [9.17, 15) is 10.1 Å². The Morgan fingerprint density at radius 1 is 1.08 bits per heavy atom. The highest BCUT2D eigenvalue weighted by atomic mass is 16.1. The van der Waals surface area contributed by atoms with E-state index in [2.05, 4.69) is 23.2 Å². The third-order valence-electron chi connectivity index (χ3n) is 3.94. The Labute approximate surface area is 141 Å². The van der Waals surface area contributed by atoms with E-state index in [1.54, 1.807) is 30.5 Å². The van der Waals surface area contributed by atoms with Crippen molar-refractivity contribution < 1.29 is 4.79 Å². The normalized spacial score (nSPS) is 11.6. The van der Waals surface area contributed by atoms with E-state index in [4.69, 9.17) is 0 Å². The van der Waals surface area contributed by atoms with Gasteiger partial charge in [0, 0.05) is 18.9 Å². The summed E-state index contributed by atoms with van der Waals surface area (Å²) >= 11 is 0. The van der Waals surface area contributed by atoms with Crippen molar-refractivity contribution in [2.45, 2.75) is 18.9 Å². The number of Topliss-reactive ketones (excluding diaryl/α,β-unsaturated/α-hetero) is 1. The summed E-state index contributed by atoms with van der Waals surface area (Å²) < 4.78 is 1.91. The van der Waals surface area contributed by atoms with Gasteiger partial charge in [0.2, 0.25) is 5.78 Å². The third kappa shape index (κ3) is 3.41. The number of carbonyl (C=O) groups excluding carboxylic acids is 1. The first-order valence-corrected chi connectivity index (χ1v) is 7.83. The molecule has 0 aliphatic heterocycles. The van der Waals surface area contributed by atoms with E-state index < -0.39 is 5.92 Å². The van der Waals surface area contributed by atoms with Gasteiger partial charge in [0.05, 0.1) is 17.5 Å². The van der Waals surface area contributed by atoms with E-state index in [0.717, 1.165) is 6.42 Å². The highest BCUT2D eigenvalue weighted by Crippen LogP contribution is 2.19. The van der Waals surface area contributed by atoms with Crippen molar-refractivity contribution in [2.75, 3.05) is 0 Å². The standard InChI is InChI=1S/C20H17N3O/c21-15-17(18-9-4-5-12-22-18)20(24)19-10-6-13-23(19)14-11-16-7-2-1-3-8-16/h1-10,12-13,17H,11,14H2. The van der Waals surface area contributed by atoms with Crippen LogP contribution in [0.2, 0.25) is 0 Å². The van der Waals surface area contributed by atoms with E-state index >= 15 is 0 Å². The van der Waals surface area contributed by atoms with Gasteiger partial charge < -0.3 is 4.57 Å². The van der Waals surface area contributed by atoms with Crippen molar-refractivity contribution in [3.05, 3.63) is 90.0 Å². The van der Waals surface area contributed by atoms with Crippen LogP contribution in [0.1, 0.15) is 27.7 Å². The summed E-state index contributed by atoms with van der Waals surface area (Å²) in [5.41, 5.74) is 2.25. The molecule has 0 radical (unpaired) electrons. The second-order valence-electron chi connectivity index (χ2n) is 5.50. The van der Waals surface area contributed by atoms with Gasteiger partial charge in [-0.25, -0.2) is 0 Å². The number of aromatic nitrogens is 2. The Hall–Kier alpha value is -3.19. The molecule has 3 aromatic rings. The summed E-state index contributed by atoms with van der Waals surface area (Å²) in [6.07, 6.45) is 4.31. The van der Waals surface area contributed by atoms with Crippen LogP contribution < -0.4 is 0 Å². The number of nitrogens with zero attached hydrogens (tertiary/aromatic N) is 3. The van der Waals surface area contributed by atoms with Crippen LogP contribution in [0.15, 0.2) is 73.1 Å². The monoisotopic (exact) mass is 315 g/mol. The molecule has 1 unspecified atom stereocenters. The molecule has 0 amide bonds. The SMILES string of the molecule is N#CC(C(=O)c1cccn1CCc1ccccc1)c1ccccn1. The maximum atomic E-state index is 12.8. The lowest BCUT2D eigenvalue weighted by Crippen LogP contribution is -2.17. The minimum absolute atomic E-state index is 0.214. The molecule has 0 spiro atoms. The number of rotatable bonds is 6. The zero-order chi connectivity index (χ0) is 16.8. The molecule has 2 aromatic heterocycles. The van der Waals surface area contributed by atoms with Crippen LogP contribution in [0.3, 0.4) is 0 Å². The molecule has 2 heterocycles. The Bertz CT molecular complexity index is 847. The van der Waals surface area contributed by atoms with Crippen LogP contribution in [-0.2, 0) is 13.0 Å². The van der Waals surface area contributed by atoms with Crippen LogP contribution in [-0.4, -0.2) is 15.3 Å². The van der Waals surface area contributed by atoms with Crippen LogP contribution in [0.5, 0.6) is 0 Å². The van der Waals surface area contributed by atoms with Gasteiger partial charge in [-0.2, -0.15) is 5.26 Å². The maximum absolute atomic E-state index is 12.8. The molecule has 0 aliphatic rings. The highest BCUT2D eigenvalue weighted by Gasteiger charge is 2.25. The van der Waals surface area contributed by atoms with Gasteiger partial charge >= 0.3 is 0 Å². The average molecular weight is 315 g/mol. The van der Waals surface area contributed by atoms with Crippen molar-refractivity contribution in [3.8, 4) is 6.07 Å². The predicted octanol–water partition coefficient (Wildman–Crippen LogP) is 3.62. The Morgan fingerprint density at radius 3 is 2.58 bits per heavy atom. The smallest absolute Gasteiger partial charge is 0.202 e. The molecule has 0 saturated carbocycles. The number of nitriles is 1. The predicted molar refractivity (Wildman–Crippen MR) is 91.5 cm³/mol. The topological polar surface area (TPSA) is 58.7 Å². The maximum Gasteiger partial charge on any atom is 0.202 e. The van der Waals surface area contributed by atoms with Gasteiger partial charge in [-0.3, -0.25) is 9.78 Å². The van der Waals surface area contributed by atoms with Gasteiger partial charge in [-0.05, 0) is 36.2 Å². The first kappa shape index (κ1) is 15.7. The Balaban J connectivity index is 1.79. The molecule has 1 atom stereocenters. The number of aryl methyl sites for hydroxylation is 2. The lowest BCUT2D eigenvalue weighted by molar-refractivity contribution is 0.0968. The summed E-state index contributed by atoms with van der Waals surface area (Å²) in [6, 6.07) is 21.1.